The maximum absolute atomic E-state index is 14.4. The van der Waals surface area contributed by atoms with Gasteiger partial charge in [-0.15, -0.1) is 0 Å². The van der Waals surface area contributed by atoms with Gasteiger partial charge in [0, 0.05) is 11.6 Å². The van der Waals surface area contributed by atoms with Gasteiger partial charge in [-0.25, -0.2) is 8.78 Å². The number of nitriles is 1. The highest BCUT2D eigenvalue weighted by Gasteiger charge is 2.07. The number of rotatable bonds is 14. The summed E-state index contributed by atoms with van der Waals surface area (Å²) in [6, 6.07) is 28.4. The van der Waals surface area contributed by atoms with Crippen LogP contribution in [0.2, 0.25) is 0 Å². The molecule has 5 heteroatoms. The van der Waals surface area contributed by atoms with Crippen molar-refractivity contribution in [1.29, 1.82) is 5.26 Å². The topological polar surface area (TPSA) is 42.2 Å². The zero-order chi connectivity index (χ0) is 27.3. The first-order valence-electron chi connectivity index (χ1n) is 13.5. The fourth-order valence-corrected chi connectivity index (χ4v) is 4.40. The minimum absolute atomic E-state index is 0.340. The first-order chi connectivity index (χ1) is 19.1. The van der Waals surface area contributed by atoms with Crippen molar-refractivity contribution in [2.75, 3.05) is 13.2 Å². The van der Waals surface area contributed by atoms with Crippen LogP contribution in [0.3, 0.4) is 0 Å². The van der Waals surface area contributed by atoms with E-state index in [1.807, 2.05) is 48.5 Å². The van der Waals surface area contributed by atoms with Gasteiger partial charge in [0.15, 0.2) is 0 Å². The average Bonchev–Trinajstić information content (AvgIpc) is 2.97. The van der Waals surface area contributed by atoms with Gasteiger partial charge in [-0.3, -0.25) is 0 Å². The third kappa shape index (κ3) is 8.68. The maximum Gasteiger partial charge on any atom is 0.134 e. The van der Waals surface area contributed by atoms with Gasteiger partial charge in [-0.05, 0) is 78.1 Å². The van der Waals surface area contributed by atoms with Crippen molar-refractivity contribution in [3.63, 3.8) is 0 Å². The van der Waals surface area contributed by atoms with Crippen LogP contribution < -0.4 is 9.47 Å². The van der Waals surface area contributed by atoms with Crippen LogP contribution in [-0.4, -0.2) is 13.2 Å². The van der Waals surface area contributed by atoms with E-state index in [1.54, 1.807) is 24.3 Å². The molecule has 0 fully saturated rings. The standard InChI is InChI=1S/C34H33F2NO2/c35-30-16-12-29(13-17-30)33-21-20-32(24-34(33)36)39-23-7-5-3-1-2-4-6-22-38-31-18-14-28(15-19-31)27-10-8-26(25-37)9-11-27/h8-21,24H,1-7,22-23H2. The van der Waals surface area contributed by atoms with Gasteiger partial charge in [-0.2, -0.15) is 5.26 Å². The van der Waals surface area contributed by atoms with E-state index in [4.69, 9.17) is 14.7 Å². The van der Waals surface area contributed by atoms with E-state index in [1.165, 1.54) is 31.0 Å². The number of benzene rings is 4. The molecule has 0 aliphatic rings. The van der Waals surface area contributed by atoms with Crippen LogP contribution in [0.15, 0.2) is 91.0 Å². The highest BCUT2D eigenvalue weighted by atomic mass is 19.1. The van der Waals surface area contributed by atoms with Gasteiger partial charge in [0.25, 0.3) is 0 Å². The number of unbranched alkanes of at least 4 members (excludes halogenated alkanes) is 6. The zero-order valence-corrected chi connectivity index (χ0v) is 22.0. The van der Waals surface area contributed by atoms with Crippen LogP contribution >= 0.6 is 0 Å². The monoisotopic (exact) mass is 525 g/mol. The summed E-state index contributed by atoms with van der Waals surface area (Å²) in [5.41, 5.74) is 3.92. The third-order valence-electron chi connectivity index (χ3n) is 6.62. The number of ether oxygens (including phenoxy) is 2. The van der Waals surface area contributed by atoms with E-state index in [0.717, 1.165) is 49.0 Å². The van der Waals surface area contributed by atoms with Gasteiger partial charge in [0.05, 0.1) is 24.8 Å². The highest BCUT2D eigenvalue weighted by molar-refractivity contribution is 5.65. The molecule has 0 aliphatic carbocycles. The van der Waals surface area contributed by atoms with Gasteiger partial charge in [0.1, 0.15) is 23.1 Å². The number of nitrogens with zero attached hydrogens (tertiary/aromatic N) is 1. The molecule has 0 aliphatic heterocycles. The second kappa shape index (κ2) is 14.7. The van der Waals surface area contributed by atoms with Crippen molar-refractivity contribution >= 4 is 0 Å². The Kier molecular flexibility index (Phi) is 10.5. The lowest BCUT2D eigenvalue weighted by Crippen LogP contribution is -1.98. The normalized spacial score (nSPS) is 10.7. The third-order valence-corrected chi connectivity index (χ3v) is 6.62. The number of hydrogen-bond donors (Lipinski definition) is 0. The Morgan fingerprint density at radius 1 is 0.538 bits per heavy atom. The van der Waals surface area contributed by atoms with Crippen molar-refractivity contribution < 1.29 is 18.3 Å². The molecule has 0 spiro atoms. The fraction of sp³-hybridized carbons (Fsp3) is 0.265. The molecule has 4 aromatic carbocycles. The molecule has 0 bridgehead atoms. The van der Waals surface area contributed by atoms with Crippen molar-refractivity contribution in [3.8, 4) is 39.8 Å². The molecule has 0 saturated carbocycles. The Balaban J connectivity index is 1.03. The van der Waals surface area contributed by atoms with Crippen LogP contribution in [0.25, 0.3) is 22.3 Å². The minimum Gasteiger partial charge on any atom is -0.494 e. The SMILES string of the molecule is N#Cc1ccc(-c2ccc(OCCCCCCCCCOc3ccc(-c4ccc(F)cc4)c(F)c3)cc2)cc1. The number of hydrogen-bond acceptors (Lipinski definition) is 3. The summed E-state index contributed by atoms with van der Waals surface area (Å²) in [5.74, 6) is 0.677. The van der Waals surface area contributed by atoms with Crippen molar-refractivity contribution in [1.82, 2.24) is 0 Å². The summed E-state index contributed by atoms with van der Waals surface area (Å²) < 4.78 is 39.1. The Hall–Kier alpha value is -4.17. The smallest absolute Gasteiger partial charge is 0.134 e. The lowest BCUT2D eigenvalue weighted by Gasteiger charge is -2.09. The van der Waals surface area contributed by atoms with Crippen molar-refractivity contribution in [2.45, 2.75) is 44.9 Å². The molecule has 0 radical (unpaired) electrons. The highest BCUT2D eigenvalue weighted by Crippen LogP contribution is 2.27. The summed E-state index contributed by atoms with van der Waals surface area (Å²) in [6.07, 6.45) is 7.69. The zero-order valence-electron chi connectivity index (χ0n) is 22.0. The Bertz CT molecular complexity index is 1340. The molecule has 0 unspecified atom stereocenters. The summed E-state index contributed by atoms with van der Waals surface area (Å²) in [5, 5.41) is 8.92. The second-order valence-electron chi connectivity index (χ2n) is 9.53. The Morgan fingerprint density at radius 2 is 1.03 bits per heavy atom. The van der Waals surface area contributed by atoms with E-state index in [0.29, 0.717) is 35.7 Å². The first-order valence-corrected chi connectivity index (χ1v) is 13.5. The summed E-state index contributed by atoms with van der Waals surface area (Å²) in [6.45, 7) is 1.27. The van der Waals surface area contributed by atoms with Crippen LogP contribution in [0.1, 0.15) is 50.5 Å². The van der Waals surface area contributed by atoms with Crippen LogP contribution in [0.5, 0.6) is 11.5 Å². The quantitative estimate of drug-likeness (QED) is 0.154. The molecular formula is C34H33F2NO2. The van der Waals surface area contributed by atoms with Gasteiger partial charge in [-0.1, -0.05) is 68.5 Å². The fourth-order valence-electron chi connectivity index (χ4n) is 4.40. The second-order valence-corrected chi connectivity index (χ2v) is 9.53. The molecule has 3 nitrogen and oxygen atoms in total. The molecule has 0 atom stereocenters. The molecule has 0 amide bonds. The molecular weight excluding hydrogens is 492 g/mol. The van der Waals surface area contributed by atoms with E-state index < -0.39 is 0 Å². The molecule has 4 aromatic rings. The Morgan fingerprint density at radius 3 is 1.59 bits per heavy atom. The lowest BCUT2D eigenvalue weighted by atomic mass is 10.0. The van der Waals surface area contributed by atoms with E-state index >= 15 is 0 Å². The minimum atomic E-state index is -0.372. The molecule has 200 valence electrons. The summed E-state index contributed by atoms with van der Waals surface area (Å²) in [7, 11) is 0. The predicted molar refractivity (Wildman–Crippen MR) is 152 cm³/mol. The van der Waals surface area contributed by atoms with Gasteiger partial charge in [0.2, 0.25) is 0 Å². The number of halogens is 2. The van der Waals surface area contributed by atoms with E-state index in [9.17, 15) is 8.78 Å². The molecule has 0 saturated heterocycles. The molecule has 39 heavy (non-hydrogen) atoms. The van der Waals surface area contributed by atoms with E-state index in [-0.39, 0.29) is 11.6 Å². The molecule has 0 heterocycles. The molecule has 0 aromatic heterocycles. The van der Waals surface area contributed by atoms with Gasteiger partial charge >= 0.3 is 0 Å². The van der Waals surface area contributed by atoms with E-state index in [2.05, 4.69) is 6.07 Å². The summed E-state index contributed by atoms with van der Waals surface area (Å²) >= 11 is 0. The van der Waals surface area contributed by atoms with Crippen LogP contribution in [0.4, 0.5) is 8.78 Å². The molecule has 0 N–H and O–H groups in total. The van der Waals surface area contributed by atoms with Crippen molar-refractivity contribution in [3.05, 3.63) is 108 Å². The Labute approximate surface area is 229 Å². The molecule has 4 rings (SSSR count). The largest absolute Gasteiger partial charge is 0.494 e. The van der Waals surface area contributed by atoms with Crippen LogP contribution in [-0.2, 0) is 0 Å². The lowest BCUT2D eigenvalue weighted by molar-refractivity contribution is 0.299. The maximum atomic E-state index is 14.4. The van der Waals surface area contributed by atoms with Crippen LogP contribution in [0, 0.1) is 23.0 Å². The summed E-state index contributed by atoms with van der Waals surface area (Å²) in [4.78, 5) is 0. The van der Waals surface area contributed by atoms with Crippen molar-refractivity contribution in [2.24, 2.45) is 0 Å². The average molecular weight is 526 g/mol. The first kappa shape index (κ1) is 27.9. The predicted octanol–water partition coefficient (Wildman–Crippen LogP) is 9.36. The van der Waals surface area contributed by atoms with Gasteiger partial charge < -0.3 is 9.47 Å².